The van der Waals surface area contributed by atoms with Crippen LogP contribution in [0.2, 0.25) is 0 Å². The lowest BCUT2D eigenvalue weighted by molar-refractivity contribution is -0.150. The maximum absolute atomic E-state index is 11.0. The molecule has 0 saturated heterocycles. The normalized spacial score (nSPS) is 12.4. The maximum Gasteiger partial charge on any atom is 0.333 e. The Balaban J connectivity index is 2.64. The van der Waals surface area contributed by atoms with Crippen LogP contribution in [0.15, 0.2) is 24.3 Å². The number of benzene rings is 1. The lowest BCUT2D eigenvalue weighted by Crippen LogP contribution is -2.26. The van der Waals surface area contributed by atoms with Crippen molar-refractivity contribution in [2.24, 2.45) is 0 Å². The van der Waals surface area contributed by atoms with E-state index in [4.69, 9.17) is 9.84 Å². The molecule has 0 saturated carbocycles. The number of hydrogen-bond acceptors (Lipinski definition) is 2. The molecule has 0 spiro atoms. The first-order valence-electron chi connectivity index (χ1n) is 5.53. The van der Waals surface area contributed by atoms with Crippen molar-refractivity contribution in [2.75, 3.05) is 6.61 Å². The first-order chi connectivity index (χ1) is 7.63. The summed E-state index contributed by atoms with van der Waals surface area (Å²) in [5, 5.41) is 9.01. The predicted molar refractivity (Wildman–Crippen MR) is 62.5 cm³/mol. The lowest BCUT2D eigenvalue weighted by atomic mass is 10.1. The second-order valence-electron chi connectivity index (χ2n) is 3.89. The largest absolute Gasteiger partial charge is 0.479 e. The molecule has 0 radical (unpaired) electrons. The van der Waals surface area contributed by atoms with Gasteiger partial charge in [-0.15, -0.1) is 0 Å². The van der Waals surface area contributed by atoms with Gasteiger partial charge in [0.05, 0.1) is 0 Å². The van der Waals surface area contributed by atoms with Gasteiger partial charge in [-0.25, -0.2) is 4.79 Å². The Morgan fingerprint density at radius 2 is 2.25 bits per heavy atom. The molecule has 0 aliphatic rings. The number of carbonyl (C=O) groups is 1. The fraction of sp³-hybridized carbons (Fsp3) is 0.462. The quantitative estimate of drug-likeness (QED) is 0.804. The molecule has 0 bridgehead atoms. The van der Waals surface area contributed by atoms with Gasteiger partial charge in [0.1, 0.15) is 0 Å². The zero-order valence-electron chi connectivity index (χ0n) is 9.77. The van der Waals surface area contributed by atoms with Crippen LogP contribution >= 0.6 is 0 Å². The monoisotopic (exact) mass is 222 g/mol. The van der Waals surface area contributed by atoms with Crippen LogP contribution in [0.25, 0.3) is 0 Å². The summed E-state index contributed by atoms with van der Waals surface area (Å²) in [6.45, 7) is 4.44. The fourth-order valence-corrected chi connectivity index (χ4v) is 1.53. The Morgan fingerprint density at radius 3 is 2.81 bits per heavy atom. The third kappa shape index (κ3) is 4.03. The predicted octanol–water partition coefficient (Wildman–Crippen LogP) is 2.42. The van der Waals surface area contributed by atoms with E-state index < -0.39 is 12.1 Å². The van der Waals surface area contributed by atoms with Crippen LogP contribution in [0.1, 0.15) is 24.5 Å². The highest BCUT2D eigenvalue weighted by atomic mass is 16.5. The minimum absolute atomic E-state index is 0.428. The van der Waals surface area contributed by atoms with Gasteiger partial charge in [-0.3, -0.25) is 0 Å². The Kier molecular flexibility index (Phi) is 4.99. The van der Waals surface area contributed by atoms with Crippen LogP contribution < -0.4 is 0 Å². The highest BCUT2D eigenvalue weighted by Crippen LogP contribution is 2.09. The van der Waals surface area contributed by atoms with Crippen LogP contribution in [0.5, 0.6) is 0 Å². The topological polar surface area (TPSA) is 46.5 Å². The maximum atomic E-state index is 11.0. The molecule has 0 fully saturated rings. The summed E-state index contributed by atoms with van der Waals surface area (Å²) in [7, 11) is 0. The third-order valence-electron chi connectivity index (χ3n) is 2.30. The van der Waals surface area contributed by atoms with Gasteiger partial charge < -0.3 is 9.84 Å². The second kappa shape index (κ2) is 6.28. The number of aryl methyl sites for hydroxylation is 1. The van der Waals surface area contributed by atoms with Crippen molar-refractivity contribution in [3.8, 4) is 0 Å². The summed E-state index contributed by atoms with van der Waals surface area (Å²) < 4.78 is 5.30. The number of aliphatic carboxylic acids is 1. The molecular formula is C13H18O3. The molecule has 1 atom stereocenters. The van der Waals surface area contributed by atoms with Crippen molar-refractivity contribution in [3.05, 3.63) is 35.4 Å². The number of carboxylic acid groups (broad SMARTS) is 1. The summed E-state index contributed by atoms with van der Waals surface area (Å²) in [5.41, 5.74) is 2.14. The molecule has 1 N–H and O–H groups in total. The van der Waals surface area contributed by atoms with Crippen LogP contribution in [0, 0.1) is 6.92 Å². The van der Waals surface area contributed by atoms with Crippen LogP contribution in [0.3, 0.4) is 0 Å². The Morgan fingerprint density at radius 1 is 1.50 bits per heavy atom. The summed E-state index contributed by atoms with van der Waals surface area (Å²) in [4.78, 5) is 11.0. The Labute approximate surface area is 96.1 Å². The molecule has 0 aliphatic carbocycles. The molecule has 0 amide bonds. The highest BCUT2D eigenvalue weighted by molar-refractivity contribution is 5.72. The van der Waals surface area contributed by atoms with E-state index in [1.165, 1.54) is 0 Å². The van der Waals surface area contributed by atoms with Crippen molar-refractivity contribution >= 4 is 5.97 Å². The van der Waals surface area contributed by atoms with E-state index in [1.807, 2.05) is 38.1 Å². The average molecular weight is 222 g/mol. The highest BCUT2D eigenvalue weighted by Gasteiger charge is 2.18. The van der Waals surface area contributed by atoms with Gasteiger partial charge in [-0.1, -0.05) is 36.8 Å². The van der Waals surface area contributed by atoms with Crippen molar-refractivity contribution in [1.29, 1.82) is 0 Å². The standard InChI is InChI=1S/C13H18O3/c1-3-7-16-12(13(14)15)9-11-6-4-5-10(2)8-11/h4-6,8,12H,3,7,9H2,1-2H3,(H,14,15). The van der Waals surface area contributed by atoms with E-state index in [-0.39, 0.29) is 0 Å². The van der Waals surface area contributed by atoms with Crippen molar-refractivity contribution in [1.82, 2.24) is 0 Å². The smallest absolute Gasteiger partial charge is 0.333 e. The molecule has 1 unspecified atom stereocenters. The fourth-order valence-electron chi connectivity index (χ4n) is 1.53. The zero-order chi connectivity index (χ0) is 12.0. The van der Waals surface area contributed by atoms with E-state index in [0.29, 0.717) is 13.0 Å². The van der Waals surface area contributed by atoms with Gasteiger partial charge in [0.25, 0.3) is 0 Å². The number of ether oxygens (including phenoxy) is 1. The summed E-state index contributed by atoms with van der Waals surface area (Å²) >= 11 is 0. The Hall–Kier alpha value is -1.35. The van der Waals surface area contributed by atoms with Crippen molar-refractivity contribution < 1.29 is 14.6 Å². The van der Waals surface area contributed by atoms with E-state index >= 15 is 0 Å². The molecular weight excluding hydrogens is 204 g/mol. The molecule has 1 aromatic rings. The van der Waals surface area contributed by atoms with E-state index in [1.54, 1.807) is 0 Å². The SMILES string of the molecule is CCCOC(Cc1cccc(C)c1)C(=O)O. The molecule has 0 aliphatic heterocycles. The number of carboxylic acids is 1. The van der Waals surface area contributed by atoms with E-state index in [9.17, 15) is 4.79 Å². The first kappa shape index (κ1) is 12.7. The molecule has 0 heterocycles. The van der Waals surface area contributed by atoms with Crippen LogP contribution in [-0.4, -0.2) is 23.8 Å². The van der Waals surface area contributed by atoms with Crippen LogP contribution in [-0.2, 0) is 16.0 Å². The summed E-state index contributed by atoms with van der Waals surface area (Å²) in [6.07, 6.45) is 0.524. The molecule has 1 aromatic carbocycles. The lowest BCUT2D eigenvalue weighted by Gasteiger charge is -2.13. The minimum atomic E-state index is -0.894. The minimum Gasteiger partial charge on any atom is -0.479 e. The van der Waals surface area contributed by atoms with Gasteiger partial charge in [-0.05, 0) is 18.9 Å². The molecule has 3 heteroatoms. The number of hydrogen-bond donors (Lipinski definition) is 1. The summed E-state index contributed by atoms with van der Waals surface area (Å²) in [5.74, 6) is -0.894. The Bertz CT molecular complexity index is 347. The van der Waals surface area contributed by atoms with Gasteiger partial charge in [0.15, 0.2) is 6.10 Å². The van der Waals surface area contributed by atoms with Crippen molar-refractivity contribution in [2.45, 2.75) is 32.8 Å². The van der Waals surface area contributed by atoms with E-state index in [2.05, 4.69) is 0 Å². The molecule has 16 heavy (non-hydrogen) atoms. The van der Waals surface area contributed by atoms with Gasteiger partial charge in [-0.2, -0.15) is 0 Å². The molecule has 0 aromatic heterocycles. The summed E-state index contributed by atoms with van der Waals surface area (Å²) in [6, 6.07) is 7.85. The van der Waals surface area contributed by atoms with E-state index in [0.717, 1.165) is 17.5 Å². The van der Waals surface area contributed by atoms with Crippen molar-refractivity contribution in [3.63, 3.8) is 0 Å². The second-order valence-corrected chi connectivity index (χ2v) is 3.89. The number of rotatable bonds is 6. The van der Waals surface area contributed by atoms with Gasteiger partial charge in [0, 0.05) is 13.0 Å². The van der Waals surface area contributed by atoms with Gasteiger partial charge in [0.2, 0.25) is 0 Å². The first-order valence-corrected chi connectivity index (χ1v) is 5.53. The third-order valence-corrected chi connectivity index (χ3v) is 2.30. The average Bonchev–Trinajstić information content (AvgIpc) is 2.24. The molecule has 1 rings (SSSR count). The zero-order valence-corrected chi connectivity index (χ0v) is 9.77. The van der Waals surface area contributed by atoms with Crippen LogP contribution in [0.4, 0.5) is 0 Å². The molecule has 88 valence electrons. The molecule has 3 nitrogen and oxygen atoms in total. The van der Waals surface area contributed by atoms with Gasteiger partial charge >= 0.3 is 5.97 Å².